The number of imidazole rings is 1. The van der Waals surface area contributed by atoms with E-state index in [4.69, 9.17) is 11.6 Å². The molecular weight excluding hydrogens is 496 g/mol. The molecule has 4 aromatic rings. The van der Waals surface area contributed by atoms with Gasteiger partial charge in [-0.1, -0.05) is 53.6 Å². The number of benzene rings is 3. The van der Waals surface area contributed by atoms with Crippen LogP contribution in [0.5, 0.6) is 0 Å². The summed E-state index contributed by atoms with van der Waals surface area (Å²) in [4.78, 5) is 17.5. The van der Waals surface area contributed by atoms with E-state index in [1.54, 1.807) is 55.6 Å². The average molecular weight is 523 g/mol. The maximum Gasteiger partial charge on any atom is 0.264 e. The van der Waals surface area contributed by atoms with Gasteiger partial charge in [0.25, 0.3) is 10.0 Å². The lowest BCUT2D eigenvalue weighted by Crippen LogP contribution is -2.41. The van der Waals surface area contributed by atoms with Crippen molar-refractivity contribution in [2.24, 2.45) is 0 Å². The monoisotopic (exact) mass is 522 g/mol. The molecule has 1 heterocycles. The third kappa shape index (κ3) is 5.45. The molecule has 0 radical (unpaired) electrons. The van der Waals surface area contributed by atoms with Crippen LogP contribution in [-0.4, -0.2) is 30.4 Å². The molecule has 1 N–H and O–H groups in total. The van der Waals surface area contributed by atoms with Crippen molar-refractivity contribution in [1.82, 2.24) is 14.9 Å². The van der Waals surface area contributed by atoms with Crippen molar-refractivity contribution in [3.05, 3.63) is 107 Å². The maximum atomic E-state index is 13.7. The Morgan fingerprint density at radius 1 is 1.03 bits per heavy atom. The minimum absolute atomic E-state index is 0.0983. The molecule has 1 amide bonds. The SMILES string of the molecule is Cc1ccc(S(=O)(=O)N(CC(=O)NCc2ccccc2-n2ccnc2C)c2cc(Cl)ccc2C)cc1. The first-order valence-corrected chi connectivity index (χ1v) is 13.2. The van der Waals surface area contributed by atoms with Crippen molar-refractivity contribution < 1.29 is 13.2 Å². The summed E-state index contributed by atoms with van der Waals surface area (Å²) in [6, 6.07) is 19.2. The van der Waals surface area contributed by atoms with Crippen LogP contribution in [0.15, 0.2) is 84.0 Å². The Labute approximate surface area is 216 Å². The van der Waals surface area contributed by atoms with Gasteiger partial charge in [-0.15, -0.1) is 0 Å². The number of aromatic nitrogens is 2. The fraction of sp³-hybridized carbons (Fsp3) is 0.185. The van der Waals surface area contributed by atoms with E-state index in [1.807, 2.05) is 48.9 Å². The fourth-order valence-electron chi connectivity index (χ4n) is 3.90. The van der Waals surface area contributed by atoms with Gasteiger partial charge in [-0.05, 0) is 62.2 Å². The van der Waals surface area contributed by atoms with Crippen LogP contribution in [0.2, 0.25) is 5.02 Å². The first-order valence-electron chi connectivity index (χ1n) is 11.4. The van der Waals surface area contributed by atoms with E-state index in [1.165, 1.54) is 0 Å². The van der Waals surface area contributed by atoms with Crippen molar-refractivity contribution in [2.45, 2.75) is 32.2 Å². The molecule has 0 bridgehead atoms. The number of hydrogen-bond donors (Lipinski definition) is 1. The smallest absolute Gasteiger partial charge is 0.264 e. The normalized spacial score (nSPS) is 11.3. The lowest BCUT2D eigenvalue weighted by molar-refractivity contribution is -0.119. The Kier molecular flexibility index (Phi) is 7.47. The molecule has 1 aromatic heterocycles. The minimum Gasteiger partial charge on any atom is -0.350 e. The molecule has 0 unspecified atom stereocenters. The van der Waals surface area contributed by atoms with Crippen LogP contribution in [0.25, 0.3) is 5.69 Å². The number of nitrogens with zero attached hydrogens (tertiary/aromatic N) is 3. The number of sulfonamides is 1. The van der Waals surface area contributed by atoms with Crippen LogP contribution >= 0.6 is 11.6 Å². The summed E-state index contributed by atoms with van der Waals surface area (Å²) in [7, 11) is -4.04. The van der Waals surface area contributed by atoms with Crippen LogP contribution in [0.4, 0.5) is 5.69 Å². The summed E-state index contributed by atoms with van der Waals surface area (Å²) < 4.78 is 30.4. The van der Waals surface area contributed by atoms with Crippen molar-refractivity contribution in [3.8, 4) is 5.69 Å². The second kappa shape index (κ2) is 10.6. The van der Waals surface area contributed by atoms with Gasteiger partial charge >= 0.3 is 0 Å². The molecule has 0 saturated heterocycles. The summed E-state index contributed by atoms with van der Waals surface area (Å²) in [5.74, 6) is 0.378. The summed E-state index contributed by atoms with van der Waals surface area (Å²) >= 11 is 6.21. The molecule has 4 rings (SSSR count). The number of halogens is 1. The highest BCUT2D eigenvalue weighted by Gasteiger charge is 2.28. The van der Waals surface area contributed by atoms with Gasteiger partial charge in [0.15, 0.2) is 0 Å². The standard InChI is InChI=1S/C27H27ClN4O3S/c1-19-8-12-24(13-9-19)36(34,35)32(26-16-23(28)11-10-20(26)2)18-27(33)30-17-22-6-4-5-7-25(22)31-15-14-29-21(31)3/h4-16H,17-18H2,1-3H3,(H,30,33). The predicted molar refractivity (Wildman–Crippen MR) is 142 cm³/mol. The second-order valence-electron chi connectivity index (χ2n) is 8.51. The van der Waals surface area contributed by atoms with Crippen LogP contribution in [-0.2, 0) is 21.4 Å². The van der Waals surface area contributed by atoms with Crippen molar-refractivity contribution in [3.63, 3.8) is 0 Å². The largest absolute Gasteiger partial charge is 0.350 e. The Hall–Kier alpha value is -3.62. The summed E-state index contributed by atoms with van der Waals surface area (Å²) in [6.45, 7) is 5.39. The van der Waals surface area contributed by atoms with Gasteiger partial charge in [0.1, 0.15) is 12.4 Å². The zero-order valence-electron chi connectivity index (χ0n) is 20.3. The highest BCUT2D eigenvalue weighted by molar-refractivity contribution is 7.92. The van der Waals surface area contributed by atoms with Gasteiger partial charge in [0.2, 0.25) is 5.91 Å². The van der Waals surface area contributed by atoms with Crippen LogP contribution in [0.1, 0.15) is 22.5 Å². The maximum absolute atomic E-state index is 13.7. The third-order valence-corrected chi connectivity index (χ3v) is 7.90. The Balaban J connectivity index is 1.62. The lowest BCUT2D eigenvalue weighted by Gasteiger charge is -2.26. The van der Waals surface area contributed by atoms with Gasteiger partial charge in [-0.2, -0.15) is 0 Å². The van der Waals surface area contributed by atoms with Gasteiger partial charge in [-0.25, -0.2) is 13.4 Å². The number of carbonyl (C=O) groups is 1. The number of para-hydroxylation sites is 1. The topological polar surface area (TPSA) is 84.3 Å². The minimum atomic E-state index is -4.04. The molecular formula is C27H27ClN4O3S. The highest BCUT2D eigenvalue weighted by atomic mass is 35.5. The number of aryl methyl sites for hydroxylation is 3. The zero-order chi connectivity index (χ0) is 25.9. The number of carbonyl (C=O) groups excluding carboxylic acids is 1. The molecule has 9 heteroatoms. The Morgan fingerprint density at radius 2 is 1.75 bits per heavy atom. The van der Waals surface area contributed by atoms with Gasteiger partial charge in [0.05, 0.1) is 16.3 Å². The quantitative estimate of drug-likeness (QED) is 0.354. The van der Waals surface area contributed by atoms with Crippen molar-refractivity contribution in [1.29, 1.82) is 0 Å². The molecule has 186 valence electrons. The summed E-state index contributed by atoms with van der Waals surface area (Å²) in [6.07, 6.45) is 3.57. The first-order chi connectivity index (χ1) is 17.2. The first kappa shape index (κ1) is 25.5. The predicted octanol–water partition coefficient (Wildman–Crippen LogP) is 4.96. The lowest BCUT2D eigenvalue weighted by atomic mass is 10.1. The van der Waals surface area contributed by atoms with Gasteiger partial charge in [0, 0.05) is 24.0 Å². The molecule has 7 nitrogen and oxygen atoms in total. The molecule has 0 aliphatic heterocycles. The fourth-order valence-corrected chi connectivity index (χ4v) is 5.54. The van der Waals surface area contributed by atoms with E-state index in [-0.39, 0.29) is 11.4 Å². The molecule has 0 aliphatic carbocycles. The molecule has 0 fully saturated rings. The Morgan fingerprint density at radius 3 is 2.44 bits per heavy atom. The second-order valence-corrected chi connectivity index (χ2v) is 10.8. The summed E-state index contributed by atoms with van der Waals surface area (Å²) in [5, 5.41) is 3.26. The number of rotatable bonds is 8. The van der Waals surface area contributed by atoms with Gasteiger partial charge in [-0.3, -0.25) is 9.10 Å². The van der Waals surface area contributed by atoms with E-state index >= 15 is 0 Å². The highest BCUT2D eigenvalue weighted by Crippen LogP contribution is 2.29. The molecule has 0 aliphatic rings. The van der Waals surface area contributed by atoms with E-state index < -0.39 is 22.5 Å². The van der Waals surface area contributed by atoms with Crippen LogP contribution in [0.3, 0.4) is 0 Å². The number of amides is 1. The average Bonchev–Trinajstić information content (AvgIpc) is 3.29. The van der Waals surface area contributed by atoms with Crippen LogP contribution in [0, 0.1) is 20.8 Å². The molecule has 0 spiro atoms. The van der Waals surface area contributed by atoms with E-state index in [0.29, 0.717) is 16.3 Å². The van der Waals surface area contributed by atoms with E-state index in [2.05, 4.69) is 10.3 Å². The molecule has 36 heavy (non-hydrogen) atoms. The summed E-state index contributed by atoms with van der Waals surface area (Å²) in [5.41, 5.74) is 3.74. The van der Waals surface area contributed by atoms with Crippen molar-refractivity contribution in [2.75, 3.05) is 10.8 Å². The number of hydrogen-bond acceptors (Lipinski definition) is 4. The molecule has 0 saturated carbocycles. The Bertz CT molecular complexity index is 1500. The van der Waals surface area contributed by atoms with E-state index in [9.17, 15) is 13.2 Å². The third-order valence-electron chi connectivity index (χ3n) is 5.89. The molecule has 0 atom stereocenters. The van der Waals surface area contributed by atoms with Crippen LogP contribution < -0.4 is 9.62 Å². The van der Waals surface area contributed by atoms with E-state index in [0.717, 1.165) is 26.9 Å². The number of anilines is 1. The molecule has 3 aromatic carbocycles. The van der Waals surface area contributed by atoms with Crippen molar-refractivity contribution >= 4 is 33.2 Å². The zero-order valence-corrected chi connectivity index (χ0v) is 21.8. The number of nitrogens with one attached hydrogen (secondary N) is 1. The van der Waals surface area contributed by atoms with Gasteiger partial charge < -0.3 is 9.88 Å².